The number of pyridine rings is 1. The molecule has 0 saturated heterocycles. The molecule has 0 spiro atoms. The fourth-order valence-corrected chi connectivity index (χ4v) is 2.80. The van der Waals surface area contributed by atoms with E-state index in [1.54, 1.807) is 24.0 Å². The number of rotatable bonds is 3. The van der Waals surface area contributed by atoms with Gasteiger partial charge < -0.3 is 5.11 Å². The van der Waals surface area contributed by atoms with Crippen molar-refractivity contribution in [1.29, 1.82) is 0 Å². The van der Waals surface area contributed by atoms with E-state index in [1.165, 1.54) is 0 Å². The van der Waals surface area contributed by atoms with Crippen LogP contribution in [0.25, 0.3) is 16.6 Å². The van der Waals surface area contributed by atoms with E-state index in [-0.39, 0.29) is 0 Å². The maximum Gasteiger partial charge on any atom is 0.132 e. The highest BCUT2D eigenvalue weighted by atomic mass is 16.3. The molecule has 2 heterocycles. The summed E-state index contributed by atoms with van der Waals surface area (Å²) < 4.78 is 1.68. The van der Waals surface area contributed by atoms with Crippen LogP contribution in [-0.4, -0.2) is 25.1 Å². The Morgan fingerprint density at radius 2 is 1.79 bits per heavy atom. The second kappa shape index (κ2) is 5.54. The summed E-state index contributed by atoms with van der Waals surface area (Å²) in [6, 6.07) is 19.2. The molecule has 5 nitrogen and oxygen atoms in total. The van der Waals surface area contributed by atoms with Crippen molar-refractivity contribution in [2.45, 2.75) is 12.5 Å². The van der Waals surface area contributed by atoms with Gasteiger partial charge in [-0.3, -0.25) is 4.98 Å². The van der Waals surface area contributed by atoms with Gasteiger partial charge in [-0.25, -0.2) is 4.68 Å². The molecule has 118 valence electrons. The summed E-state index contributed by atoms with van der Waals surface area (Å²) in [4.78, 5) is 4.36. The topological polar surface area (TPSA) is 63.8 Å². The molecule has 1 atom stereocenters. The third-order valence-electron chi connectivity index (χ3n) is 4.20. The van der Waals surface area contributed by atoms with Gasteiger partial charge in [0.25, 0.3) is 0 Å². The summed E-state index contributed by atoms with van der Waals surface area (Å²) >= 11 is 0. The summed E-state index contributed by atoms with van der Waals surface area (Å²) in [5, 5.41) is 20.3. The zero-order valence-electron chi connectivity index (χ0n) is 13.2. The van der Waals surface area contributed by atoms with Crippen molar-refractivity contribution >= 4 is 10.9 Å². The molecule has 5 heteroatoms. The number of fused-ring (bicyclic) bond motifs is 1. The van der Waals surface area contributed by atoms with Crippen LogP contribution in [0.1, 0.15) is 18.2 Å². The number of hydrogen-bond donors (Lipinski definition) is 1. The van der Waals surface area contributed by atoms with Crippen LogP contribution < -0.4 is 0 Å². The van der Waals surface area contributed by atoms with Gasteiger partial charge in [0, 0.05) is 11.6 Å². The molecule has 1 N–H and O–H groups in total. The molecule has 1 unspecified atom stereocenters. The molecule has 24 heavy (non-hydrogen) atoms. The van der Waals surface area contributed by atoms with Gasteiger partial charge in [0.15, 0.2) is 0 Å². The van der Waals surface area contributed by atoms with Crippen molar-refractivity contribution in [3.05, 3.63) is 84.3 Å². The molecule has 0 fully saturated rings. The number of benzene rings is 2. The zero-order valence-corrected chi connectivity index (χ0v) is 13.2. The summed E-state index contributed by atoms with van der Waals surface area (Å²) in [5.41, 5.74) is 1.83. The first-order valence-electron chi connectivity index (χ1n) is 7.71. The Bertz CT molecular complexity index is 987. The molecule has 0 aliphatic heterocycles. The first kappa shape index (κ1) is 14.5. The van der Waals surface area contributed by atoms with Crippen LogP contribution in [-0.2, 0) is 5.60 Å². The SMILES string of the molecule is CC(O)(c1ccccc1)c1cn(-c2cccc3ncccc23)nn1. The van der Waals surface area contributed by atoms with E-state index >= 15 is 0 Å². The molecule has 0 amide bonds. The summed E-state index contributed by atoms with van der Waals surface area (Å²) in [5.74, 6) is 0. The van der Waals surface area contributed by atoms with E-state index in [0.29, 0.717) is 5.69 Å². The van der Waals surface area contributed by atoms with Crippen molar-refractivity contribution < 1.29 is 5.11 Å². The summed E-state index contributed by atoms with van der Waals surface area (Å²) in [7, 11) is 0. The average Bonchev–Trinajstić information content (AvgIpc) is 3.13. The van der Waals surface area contributed by atoms with Crippen LogP contribution in [0.5, 0.6) is 0 Å². The smallest absolute Gasteiger partial charge is 0.132 e. The molecule has 4 rings (SSSR count). The molecule has 0 aliphatic rings. The Morgan fingerprint density at radius 1 is 0.958 bits per heavy atom. The van der Waals surface area contributed by atoms with Crippen LogP contribution in [0, 0.1) is 0 Å². The first-order chi connectivity index (χ1) is 11.7. The van der Waals surface area contributed by atoms with E-state index in [9.17, 15) is 5.11 Å². The van der Waals surface area contributed by atoms with E-state index in [4.69, 9.17) is 0 Å². The summed E-state index contributed by atoms with van der Waals surface area (Å²) in [6.07, 6.45) is 3.52. The standard InChI is InChI=1S/C19H16N4O/c1-19(24,14-7-3-2-4-8-14)18-13-23(22-21-18)17-11-5-10-16-15(17)9-6-12-20-16/h2-13,24H,1H3. The lowest BCUT2D eigenvalue weighted by molar-refractivity contribution is 0.0973. The van der Waals surface area contributed by atoms with Gasteiger partial charge in [0.1, 0.15) is 11.3 Å². The number of hydrogen-bond acceptors (Lipinski definition) is 4. The molecular weight excluding hydrogens is 300 g/mol. The molecule has 0 aliphatic carbocycles. The molecule has 0 radical (unpaired) electrons. The molecule has 0 bridgehead atoms. The third-order valence-corrected chi connectivity index (χ3v) is 4.20. The Morgan fingerprint density at radius 3 is 2.62 bits per heavy atom. The predicted molar refractivity (Wildman–Crippen MR) is 91.8 cm³/mol. The number of aliphatic hydroxyl groups is 1. The fourth-order valence-electron chi connectivity index (χ4n) is 2.80. The van der Waals surface area contributed by atoms with Crippen molar-refractivity contribution in [3.8, 4) is 5.69 Å². The Balaban J connectivity index is 1.80. The molecule has 2 aromatic carbocycles. The van der Waals surface area contributed by atoms with Crippen LogP contribution in [0.15, 0.2) is 73.1 Å². The first-order valence-corrected chi connectivity index (χ1v) is 7.71. The lowest BCUT2D eigenvalue weighted by atomic mass is 9.93. The fraction of sp³-hybridized carbons (Fsp3) is 0.105. The van der Waals surface area contributed by atoms with Gasteiger partial charge in [-0.2, -0.15) is 0 Å². The highest BCUT2D eigenvalue weighted by Gasteiger charge is 2.29. The monoisotopic (exact) mass is 316 g/mol. The zero-order chi connectivity index (χ0) is 16.6. The molecular formula is C19H16N4O. The van der Waals surface area contributed by atoms with Crippen molar-refractivity contribution in [2.75, 3.05) is 0 Å². The second-order valence-corrected chi connectivity index (χ2v) is 5.83. The van der Waals surface area contributed by atoms with Crippen LogP contribution in [0.4, 0.5) is 0 Å². The van der Waals surface area contributed by atoms with E-state index in [2.05, 4.69) is 15.3 Å². The number of nitrogens with zero attached hydrogens (tertiary/aromatic N) is 4. The minimum absolute atomic E-state index is 0.495. The summed E-state index contributed by atoms with van der Waals surface area (Å²) in [6.45, 7) is 1.72. The van der Waals surface area contributed by atoms with Gasteiger partial charge in [0.05, 0.1) is 17.4 Å². The highest BCUT2D eigenvalue weighted by Crippen LogP contribution is 2.28. The third kappa shape index (κ3) is 2.35. The van der Waals surface area contributed by atoms with Crippen molar-refractivity contribution in [2.24, 2.45) is 0 Å². The van der Waals surface area contributed by atoms with Crippen LogP contribution in [0.3, 0.4) is 0 Å². The minimum Gasteiger partial charge on any atom is -0.379 e. The lowest BCUT2D eigenvalue weighted by Gasteiger charge is -2.20. The predicted octanol–water partition coefficient (Wildman–Crippen LogP) is 3.07. The highest BCUT2D eigenvalue weighted by molar-refractivity contribution is 5.86. The van der Waals surface area contributed by atoms with Crippen molar-refractivity contribution in [3.63, 3.8) is 0 Å². The van der Waals surface area contributed by atoms with Crippen LogP contribution >= 0.6 is 0 Å². The minimum atomic E-state index is -1.21. The normalized spacial score (nSPS) is 13.8. The molecule has 4 aromatic rings. The van der Waals surface area contributed by atoms with Crippen molar-refractivity contribution in [1.82, 2.24) is 20.0 Å². The lowest BCUT2D eigenvalue weighted by Crippen LogP contribution is -2.23. The van der Waals surface area contributed by atoms with Gasteiger partial charge in [-0.05, 0) is 36.8 Å². The van der Waals surface area contributed by atoms with E-state index in [0.717, 1.165) is 22.2 Å². The largest absolute Gasteiger partial charge is 0.379 e. The van der Waals surface area contributed by atoms with Gasteiger partial charge in [0.2, 0.25) is 0 Å². The Labute approximate surface area is 139 Å². The Kier molecular flexibility index (Phi) is 3.36. The Hall–Kier alpha value is -3.05. The maximum atomic E-state index is 10.9. The van der Waals surface area contributed by atoms with E-state index < -0.39 is 5.60 Å². The average molecular weight is 316 g/mol. The molecule has 0 saturated carbocycles. The van der Waals surface area contributed by atoms with E-state index in [1.807, 2.05) is 60.7 Å². The van der Waals surface area contributed by atoms with Gasteiger partial charge in [-0.1, -0.05) is 41.6 Å². The maximum absolute atomic E-state index is 10.9. The number of aromatic nitrogens is 4. The molecule has 2 aromatic heterocycles. The van der Waals surface area contributed by atoms with Gasteiger partial charge >= 0.3 is 0 Å². The van der Waals surface area contributed by atoms with Gasteiger partial charge in [-0.15, -0.1) is 5.10 Å². The second-order valence-electron chi connectivity index (χ2n) is 5.83. The quantitative estimate of drug-likeness (QED) is 0.631. The van der Waals surface area contributed by atoms with Crippen LogP contribution in [0.2, 0.25) is 0 Å².